The molecule has 3 aromatic rings. The van der Waals surface area contributed by atoms with E-state index in [-0.39, 0.29) is 28.2 Å². The highest BCUT2D eigenvalue weighted by Crippen LogP contribution is 2.23. The van der Waals surface area contributed by atoms with Crippen LogP contribution in [-0.2, 0) is 14.8 Å². The van der Waals surface area contributed by atoms with Gasteiger partial charge < -0.3 is 15.0 Å². The topological polar surface area (TPSA) is 109 Å². The highest BCUT2D eigenvalue weighted by atomic mass is 32.2. The average Bonchev–Trinajstić information content (AvgIpc) is 2.72. The van der Waals surface area contributed by atoms with Crippen molar-refractivity contribution in [2.75, 3.05) is 18.4 Å². The van der Waals surface area contributed by atoms with Crippen molar-refractivity contribution < 1.29 is 17.9 Å². The Bertz CT molecular complexity index is 1270. The van der Waals surface area contributed by atoms with Crippen molar-refractivity contribution >= 4 is 32.5 Å². The molecule has 1 aliphatic heterocycles. The molecule has 1 fully saturated rings. The van der Waals surface area contributed by atoms with Crippen LogP contribution in [0.25, 0.3) is 10.9 Å². The molecule has 0 spiro atoms. The number of amides is 1. The van der Waals surface area contributed by atoms with Crippen LogP contribution in [0.1, 0.15) is 24.2 Å². The van der Waals surface area contributed by atoms with E-state index in [0.29, 0.717) is 29.7 Å². The van der Waals surface area contributed by atoms with Crippen LogP contribution >= 0.6 is 0 Å². The van der Waals surface area contributed by atoms with Gasteiger partial charge in [-0.05, 0) is 44.2 Å². The lowest BCUT2D eigenvalue weighted by molar-refractivity contribution is -0.0440. The van der Waals surface area contributed by atoms with Crippen LogP contribution in [0, 0.1) is 0 Å². The van der Waals surface area contributed by atoms with E-state index in [1.807, 2.05) is 13.8 Å². The summed E-state index contributed by atoms with van der Waals surface area (Å²) in [6.07, 6.45) is -0.359. The normalized spacial score (nSPS) is 19.9. The monoisotopic (exact) mass is 441 g/mol. The van der Waals surface area contributed by atoms with E-state index in [1.54, 1.807) is 24.3 Å². The molecule has 0 saturated carbocycles. The number of pyridine rings is 1. The number of nitrogens with one attached hydrogen (secondary N) is 2. The summed E-state index contributed by atoms with van der Waals surface area (Å²) >= 11 is 0. The lowest BCUT2D eigenvalue weighted by Gasteiger charge is -2.34. The molecule has 1 saturated heterocycles. The standard InChI is InChI=1S/C22H23N3O5S/c1-14-12-25(13-15(2)30-14)31(28,29)17-9-7-16(8-10-17)23-22(27)19-11-21(26)24-20-6-4-3-5-18(19)20/h3-11,14-15H,12-13H2,1-2H3,(H,23,27)(H,24,26). The molecule has 0 radical (unpaired) electrons. The van der Waals surface area contributed by atoms with Gasteiger partial charge in [0.2, 0.25) is 15.6 Å². The lowest BCUT2D eigenvalue weighted by atomic mass is 10.1. The summed E-state index contributed by atoms with van der Waals surface area (Å²) in [6, 6.07) is 14.3. The van der Waals surface area contributed by atoms with E-state index in [1.165, 1.54) is 34.6 Å². The third-order valence-corrected chi connectivity index (χ3v) is 6.98. The van der Waals surface area contributed by atoms with Crippen molar-refractivity contribution in [1.82, 2.24) is 9.29 Å². The molecule has 4 rings (SSSR count). The molecule has 0 bridgehead atoms. The Balaban J connectivity index is 1.55. The minimum Gasteiger partial charge on any atom is -0.373 e. The highest BCUT2D eigenvalue weighted by Gasteiger charge is 2.32. The van der Waals surface area contributed by atoms with Crippen LogP contribution < -0.4 is 10.9 Å². The van der Waals surface area contributed by atoms with E-state index in [9.17, 15) is 18.0 Å². The number of rotatable bonds is 4. The van der Waals surface area contributed by atoms with Gasteiger partial charge >= 0.3 is 0 Å². The fraction of sp³-hybridized carbons (Fsp3) is 0.273. The molecular weight excluding hydrogens is 418 g/mol. The predicted octanol–water partition coefficient (Wildman–Crippen LogP) is 2.58. The number of aromatic nitrogens is 1. The SMILES string of the molecule is CC1CN(S(=O)(=O)c2ccc(NC(=O)c3cc(=O)[nH]c4ccccc34)cc2)CC(C)O1. The minimum atomic E-state index is -3.66. The van der Waals surface area contributed by atoms with Crippen molar-refractivity contribution in [3.05, 3.63) is 70.5 Å². The summed E-state index contributed by atoms with van der Waals surface area (Å²) in [7, 11) is -3.66. The van der Waals surface area contributed by atoms with Gasteiger partial charge in [-0.25, -0.2) is 8.42 Å². The van der Waals surface area contributed by atoms with E-state index < -0.39 is 15.9 Å². The van der Waals surface area contributed by atoms with Crippen molar-refractivity contribution in [2.45, 2.75) is 31.0 Å². The molecule has 2 N–H and O–H groups in total. The molecule has 0 aliphatic carbocycles. The number of nitrogens with zero attached hydrogens (tertiary/aromatic N) is 1. The second kappa shape index (κ2) is 8.26. The van der Waals surface area contributed by atoms with Crippen molar-refractivity contribution in [1.29, 1.82) is 0 Å². The first kappa shape index (κ1) is 21.2. The van der Waals surface area contributed by atoms with Gasteiger partial charge in [0.05, 0.1) is 22.7 Å². The van der Waals surface area contributed by atoms with Gasteiger partial charge in [0.1, 0.15) is 0 Å². The average molecular weight is 442 g/mol. The third kappa shape index (κ3) is 4.39. The number of ether oxygens (including phenoxy) is 1. The van der Waals surface area contributed by atoms with Crippen LogP contribution in [0.2, 0.25) is 0 Å². The summed E-state index contributed by atoms with van der Waals surface area (Å²) in [5, 5.41) is 3.35. The lowest BCUT2D eigenvalue weighted by Crippen LogP contribution is -2.48. The fourth-order valence-electron chi connectivity index (χ4n) is 3.78. The number of para-hydroxylation sites is 1. The summed E-state index contributed by atoms with van der Waals surface area (Å²) in [5.74, 6) is -0.450. The first-order chi connectivity index (χ1) is 14.7. The molecule has 2 atom stereocenters. The van der Waals surface area contributed by atoms with Crippen molar-refractivity contribution in [3.8, 4) is 0 Å². The number of hydrogen-bond donors (Lipinski definition) is 2. The van der Waals surface area contributed by atoms with Crippen LogP contribution in [0.4, 0.5) is 5.69 Å². The second-order valence-electron chi connectivity index (χ2n) is 7.65. The van der Waals surface area contributed by atoms with Crippen molar-refractivity contribution in [2.24, 2.45) is 0 Å². The molecule has 1 aliphatic rings. The van der Waals surface area contributed by atoms with Crippen molar-refractivity contribution in [3.63, 3.8) is 0 Å². The zero-order valence-corrected chi connectivity index (χ0v) is 18.0. The highest BCUT2D eigenvalue weighted by molar-refractivity contribution is 7.89. The molecule has 2 heterocycles. The molecule has 31 heavy (non-hydrogen) atoms. The molecular formula is C22H23N3O5S. The Morgan fingerprint density at radius 2 is 1.71 bits per heavy atom. The van der Waals surface area contributed by atoms with Crippen LogP contribution in [0.3, 0.4) is 0 Å². The number of hydrogen-bond acceptors (Lipinski definition) is 5. The van der Waals surface area contributed by atoms with Gasteiger partial charge in [-0.15, -0.1) is 0 Å². The largest absolute Gasteiger partial charge is 0.373 e. The van der Waals surface area contributed by atoms with Gasteiger partial charge in [-0.2, -0.15) is 4.31 Å². The number of benzene rings is 2. The Hall–Kier alpha value is -3.01. The van der Waals surface area contributed by atoms with Crippen LogP contribution in [-0.4, -0.2) is 48.9 Å². The Labute approximate surface area is 179 Å². The number of anilines is 1. The zero-order chi connectivity index (χ0) is 22.2. The summed E-state index contributed by atoms with van der Waals surface area (Å²) in [6.45, 7) is 4.27. The number of carbonyl (C=O) groups excluding carboxylic acids is 1. The summed E-state index contributed by atoms with van der Waals surface area (Å²) < 4.78 is 33.0. The third-order valence-electron chi connectivity index (χ3n) is 5.13. The van der Waals surface area contributed by atoms with E-state index in [4.69, 9.17) is 4.74 Å². The van der Waals surface area contributed by atoms with E-state index >= 15 is 0 Å². The Morgan fingerprint density at radius 3 is 2.39 bits per heavy atom. The molecule has 2 unspecified atom stereocenters. The van der Waals surface area contributed by atoms with Crippen LogP contribution in [0.15, 0.2) is 64.3 Å². The number of sulfonamides is 1. The summed E-state index contributed by atoms with van der Waals surface area (Å²) in [4.78, 5) is 27.5. The first-order valence-corrected chi connectivity index (χ1v) is 11.4. The number of fused-ring (bicyclic) bond motifs is 1. The number of H-pyrrole nitrogens is 1. The molecule has 9 heteroatoms. The first-order valence-electron chi connectivity index (χ1n) is 9.93. The number of aromatic amines is 1. The quantitative estimate of drug-likeness (QED) is 0.647. The van der Waals surface area contributed by atoms with E-state index in [2.05, 4.69) is 10.3 Å². The predicted molar refractivity (Wildman–Crippen MR) is 118 cm³/mol. The van der Waals surface area contributed by atoms with Gasteiger partial charge in [-0.1, -0.05) is 18.2 Å². The molecule has 2 aromatic carbocycles. The molecule has 8 nitrogen and oxygen atoms in total. The Kier molecular flexibility index (Phi) is 5.65. The van der Waals surface area contributed by atoms with E-state index in [0.717, 1.165) is 0 Å². The number of carbonyl (C=O) groups is 1. The maximum absolute atomic E-state index is 13.0. The summed E-state index contributed by atoms with van der Waals surface area (Å²) in [5.41, 5.74) is 0.860. The number of morpholine rings is 1. The van der Waals surface area contributed by atoms with Gasteiger partial charge in [0.25, 0.3) is 5.91 Å². The van der Waals surface area contributed by atoms with Gasteiger partial charge in [0, 0.05) is 35.7 Å². The Morgan fingerprint density at radius 1 is 1.06 bits per heavy atom. The minimum absolute atomic E-state index is 0.147. The molecule has 1 aromatic heterocycles. The fourth-order valence-corrected chi connectivity index (χ4v) is 5.37. The maximum atomic E-state index is 13.0. The molecule has 1 amide bonds. The zero-order valence-electron chi connectivity index (χ0n) is 17.2. The van der Waals surface area contributed by atoms with Gasteiger partial charge in [0.15, 0.2) is 0 Å². The molecule has 162 valence electrons. The van der Waals surface area contributed by atoms with Crippen LogP contribution in [0.5, 0.6) is 0 Å². The van der Waals surface area contributed by atoms with Gasteiger partial charge in [-0.3, -0.25) is 9.59 Å². The maximum Gasteiger partial charge on any atom is 0.256 e. The second-order valence-corrected chi connectivity index (χ2v) is 9.59. The smallest absolute Gasteiger partial charge is 0.256 e.